The number of para-hydroxylation sites is 1. The van der Waals surface area contributed by atoms with E-state index in [1.54, 1.807) is 7.11 Å². The molecule has 4 N–H and O–H groups in total. The molecule has 1 aromatic heterocycles. The smallest absolute Gasteiger partial charge is 0.229 e. The van der Waals surface area contributed by atoms with Crippen LogP contribution in [0.2, 0.25) is 0 Å². The van der Waals surface area contributed by atoms with Crippen LogP contribution in [-0.2, 0) is 4.74 Å². The number of guanidine groups is 1. The number of hydrogen-bond donors (Lipinski definition) is 4. The van der Waals surface area contributed by atoms with Gasteiger partial charge in [-0.2, -0.15) is 0 Å². The van der Waals surface area contributed by atoms with Crippen LogP contribution in [0.3, 0.4) is 0 Å². The van der Waals surface area contributed by atoms with Crippen LogP contribution < -0.4 is 21.3 Å². The fraction of sp³-hybridized carbons (Fsp3) is 0.250. The molecule has 0 aliphatic rings. The molecular weight excluding hydrogens is 434 g/mol. The predicted molar refractivity (Wildman–Crippen MR) is 139 cm³/mol. The van der Waals surface area contributed by atoms with Crippen molar-refractivity contribution < 1.29 is 4.74 Å². The maximum absolute atomic E-state index is 5.50. The van der Waals surface area contributed by atoms with E-state index in [2.05, 4.69) is 36.2 Å². The summed E-state index contributed by atoms with van der Waals surface area (Å²) in [6.07, 6.45) is 0.785. The number of aryl methyl sites for hydroxylation is 2. The van der Waals surface area contributed by atoms with E-state index >= 15 is 0 Å². The second-order valence-corrected chi connectivity index (χ2v) is 7.73. The number of aromatic nitrogens is 2. The molecule has 0 unspecified atom stereocenters. The summed E-state index contributed by atoms with van der Waals surface area (Å²) in [5, 5.41) is 13.2. The zero-order chi connectivity index (χ0) is 23.5. The number of rotatable bonds is 8. The van der Waals surface area contributed by atoms with Crippen LogP contribution in [0.15, 0.2) is 65.7 Å². The molecule has 0 saturated carbocycles. The molecule has 172 valence electrons. The predicted octanol–water partition coefficient (Wildman–Crippen LogP) is 4.63. The van der Waals surface area contributed by atoms with Crippen LogP contribution in [0.1, 0.15) is 17.8 Å². The van der Waals surface area contributed by atoms with Gasteiger partial charge in [0.05, 0.1) is 0 Å². The minimum absolute atomic E-state index is 0.404. The Morgan fingerprint density at radius 2 is 1.55 bits per heavy atom. The molecule has 0 saturated heterocycles. The molecule has 0 aliphatic heterocycles. The Morgan fingerprint density at radius 1 is 0.909 bits per heavy atom. The fourth-order valence-corrected chi connectivity index (χ4v) is 3.21. The highest BCUT2D eigenvalue weighted by atomic mass is 32.1. The van der Waals surface area contributed by atoms with Crippen molar-refractivity contribution in [2.75, 3.05) is 36.2 Å². The number of anilines is 4. The summed E-state index contributed by atoms with van der Waals surface area (Å²) in [6, 6.07) is 19.8. The van der Waals surface area contributed by atoms with Crippen molar-refractivity contribution in [2.24, 2.45) is 4.99 Å². The molecule has 0 bridgehead atoms. The number of nitrogens with zero attached hydrogens (tertiary/aromatic N) is 3. The Hall–Kier alpha value is -3.56. The van der Waals surface area contributed by atoms with Gasteiger partial charge in [-0.15, -0.1) is 0 Å². The first-order chi connectivity index (χ1) is 16.0. The van der Waals surface area contributed by atoms with Gasteiger partial charge in [-0.05, 0) is 75.0 Å². The average Bonchev–Trinajstić information content (AvgIpc) is 2.78. The Labute approximate surface area is 199 Å². The molecule has 9 heteroatoms. The van der Waals surface area contributed by atoms with Crippen molar-refractivity contribution in [1.82, 2.24) is 15.3 Å². The molecule has 0 fully saturated rings. The standard InChI is InChI=1S/C24H29N7OS/c1-17-16-18(2)27-23(26-17)30-22(25-14-7-15-32-3)31-24(33)29-21-12-10-20(11-13-21)28-19-8-5-4-6-9-19/h4-6,8-13,16,28H,7,14-15H2,1-3H3,(H3,25,26,27,29,30,31,33). The quantitative estimate of drug-likeness (QED) is 0.166. The minimum Gasteiger partial charge on any atom is -0.385 e. The summed E-state index contributed by atoms with van der Waals surface area (Å²) in [4.78, 5) is 13.4. The normalized spacial score (nSPS) is 11.1. The third-order valence-corrected chi connectivity index (χ3v) is 4.63. The van der Waals surface area contributed by atoms with Crippen molar-refractivity contribution >= 4 is 46.3 Å². The summed E-state index contributed by atoms with van der Waals surface area (Å²) < 4.78 is 5.10. The first-order valence-electron chi connectivity index (χ1n) is 10.6. The lowest BCUT2D eigenvalue weighted by molar-refractivity contribution is 0.197. The van der Waals surface area contributed by atoms with Crippen molar-refractivity contribution in [3.63, 3.8) is 0 Å². The second-order valence-electron chi connectivity index (χ2n) is 7.32. The zero-order valence-corrected chi connectivity index (χ0v) is 19.9. The third-order valence-electron chi connectivity index (χ3n) is 4.43. The molecule has 2 aromatic carbocycles. The van der Waals surface area contributed by atoms with Gasteiger partial charge in [0, 0.05) is 48.7 Å². The van der Waals surface area contributed by atoms with Gasteiger partial charge in [0.1, 0.15) is 0 Å². The molecule has 33 heavy (non-hydrogen) atoms. The lowest BCUT2D eigenvalue weighted by Crippen LogP contribution is -2.39. The minimum atomic E-state index is 0.404. The second kappa shape index (κ2) is 12.5. The maximum atomic E-state index is 5.50. The Kier molecular flexibility index (Phi) is 9.10. The van der Waals surface area contributed by atoms with E-state index in [0.717, 1.165) is 34.9 Å². The molecule has 0 atom stereocenters. The highest BCUT2D eigenvalue weighted by Gasteiger charge is 2.07. The number of thiocarbonyl (C=S) groups is 1. The highest BCUT2D eigenvalue weighted by Crippen LogP contribution is 2.18. The molecule has 0 spiro atoms. The van der Waals surface area contributed by atoms with E-state index in [1.165, 1.54) is 0 Å². The van der Waals surface area contributed by atoms with Gasteiger partial charge >= 0.3 is 0 Å². The number of ether oxygens (including phenoxy) is 1. The number of nitrogens with one attached hydrogen (secondary N) is 4. The summed E-state index contributed by atoms with van der Waals surface area (Å²) in [5.41, 5.74) is 4.61. The van der Waals surface area contributed by atoms with Gasteiger partial charge < -0.3 is 20.7 Å². The SMILES string of the molecule is COCCCN=C(NC(=S)Nc1ccc(Nc2ccccc2)cc1)Nc1nc(C)cc(C)n1. The van der Waals surface area contributed by atoms with Gasteiger partial charge in [0.15, 0.2) is 5.11 Å². The van der Waals surface area contributed by atoms with Crippen LogP contribution in [0, 0.1) is 13.8 Å². The topological polar surface area (TPSA) is 95.5 Å². The van der Waals surface area contributed by atoms with Gasteiger partial charge in [-0.25, -0.2) is 9.97 Å². The molecular formula is C24H29N7OS. The third kappa shape index (κ3) is 8.47. The molecule has 0 amide bonds. The first kappa shape index (κ1) is 24.1. The number of benzene rings is 2. The van der Waals surface area contributed by atoms with Crippen molar-refractivity contribution in [3.8, 4) is 0 Å². The highest BCUT2D eigenvalue weighted by molar-refractivity contribution is 7.80. The van der Waals surface area contributed by atoms with E-state index in [-0.39, 0.29) is 0 Å². The summed E-state index contributed by atoms with van der Waals surface area (Å²) in [5.74, 6) is 0.931. The lowest BCUT2D eigenvalue weighted by atomic mass is 10.2. The Bertz CT molecular complexity index is 1050. The maximum Gasteiger partial charge on any atom is 0.229 e. The van der Waals surface area contributed by atoms with E-state index in [1.807, 2.05) is 74.5 Å². The summed E-state index contributed by atoms with van der Waals surface area (Å²) in [7, 11) is 1.67. The zero-order valence-electron chi connectivity index (χ0n) is 19.1. The molecule has 0 aliphatic carbocycles. The van der Waals surface area contributed by atoms with Crippen LogP contribution >= 0.6 is 12.2 Å². The fourth-order valence-electron chi connectivity index (χ4n) is 2.99. The van der Waals surface area contributed by atoms with Gasteiger partial charge in [0.2, 0.25) is 11.9 Å². The van der Waals surface area contributed by atoms with Crippen LogP contribution in [-0.4, -0.2) is 41.3 Å². The lowest BCUT2D eigenvalue weighted by Gasteiger charge is -2.15. The van der Waals surface area contributed by atoms with Crippen molar-refractivity contribution in [1.29, 1.82) is 0 Å². The van der Waals surface area contributed by atoms with Gasteiger partial charge in [-0.3, -0.25) is 10.3 Å². The van der Waals surface area contributed by atoms with Crippen molar-refractivity contribution in [2.45, 2.75) is 20.3 Å². The van der Waals surface area contributed by atoms with E-state index in [9.17, 15) is 0 Å². The molecule has 3 aromatic rings. The largest absolute Gasteiger partial charge is 0.385 e. The van der Waals surface area contributed by atoms with Gasteiger partial charge in [-0.1, -0.05) is 18.2 Å². The van der Waals surface area contributed by atoms with Gasteiger partial charge in [0.25, 0.3) is 0 Å². The summed E-state index contributed by atoms with van der Waals surface area (Å²) >= 11 is 5.50. The Morgan fingerprint density at radius 3 is 2.21 bits per heavy atom. The molecule has 0 radical (unpaired) electrons. The Balaban J connectivity index is 1.61. The van der Waals surface area contributed by atoms with Crippen LogP contribution in [0.25, 0.3) is 0 Å². The first-order valence-corrected chi connectivity index (χ1v) is 11.1. The van der Waals surface area contributed by atoms with Crippen molar-refractivity contribution in [3.05, 3.63) is 72.1 Å². The monoisotopic (exact) mass is 463 g/mol. The summed E-state index contributed by atoms with van der Waals surface area (Å²) in [6.45, 7) is 5.04. The average molecular weight is 464 g/mol. The molecule has 3 rings (SSSR count). The van der Waals surface area contributed by atoms with E-state index < -0.39 is 0 Å². The van der Waals surface area contributed by atoms with Crippen LogP contribution in [0.5, 0.6) is 0 Å². The van der Waals surface area contributed by atoms with Crippen LogP contribution in [0.4, 0.5) is 23.0 Å². The van der Waals surface area contributed by atoms with E-state index in [0.29, 0.717) is 30.2 Å². The number of aliphatic imine (C=N–C) groups is 1. The number of methoxy groups -OCH3 is 1. The van der Waals surface area contributed by atoms with E-state index in [4.69, 9.17) is 17.0 Å². The molecule has 8 nitrogen and oxygen atoms in total. The molecule has 1 heterocycles. The number of hydrogen-bond acceptors (Lipinski definition) is 6.